The summed E-state index contributed by atoms with van der Waals surface area (Å²) in [6.07, 6.45) is 0. The van der Waals surface area contributed by atoms with Gasteiger partial charge < -0.3 is 10.8 Å². The van der Waals surface area contributed by atoms with E-state index in [4.69, 9.17) is 5.73 Å². The topological polar surface area (TPSA) is 66.6 Å². The summed E-state index contributed by atoms with van der Waals surface area (Å²) < 4.78 is 0. The quantitative estimate of drug-likeness (QED) is 0.804. The molecule has 1 heterocycles. The predicted molar refractivity (Wildman–Crippen MR) is 64.2 cm³/mol. The number of carbonyl (C=O) groups excluding carboxylic acids is 1. The van der Waals surface area contributed by atoms with Crippen molar-refractivity contribution in [2.24, 2.45) is 5.73 Å². The van der Waals surface area contributed by atoms with Crippen LogP contribution >= 0.6 is 11.8 Å². The summed E-state index contributed by atoms with van der Waals surface area (Å²) in [4.78, 5) is 14.2. The first kappa shape index (κ1) is 11.4. The highest BCUT2D eigenvalue weighted by atomic mass is 32.2. The number of nitrogens with two attached hydrogens (primary N) is 1. The van der Waals surface area contributed by atoms with Crippen LogP contribution in [0.1, 0.15) is 12.5 Å². The van der Waals surface area contributed by atoms with Crippen LogP contribution in [0.15, 0.2) is 23.1 Å². The molecule has 2 rings (SSSR count). The fourth-order valence-corrected chi connectivity index (χ4v) is 2.77. The summed E-state index contributed by atoms with van der Waals surface area (Å²) >= 11 is 1.52. The van der Waals surface area contributed by atoms with E-state index in [1.807, 2.05) is 25.1 Å². The van der Waals surface area contributed by atoms with Crippen LogP contribution in [0.3, 0.4) is 0 Å². The minimum absolute atomic E-state index is 0.0610. The Morgan fingerprint density at radius 3 is 2.94 bits per heavy atom. The second kappa shape index (κ2) is 4.45. The van der Waals surface area contributed by atoms with Crippen molar-refractivity contribution >= 4 is 23.4 Å². The lowest BCUT2D eigenvalue weighted by Crippen LogP contribution is -2.40. The van der Waals surface area contributed by atoms with Crippen LogP contribution < -0.4 is 10.6 Å². The fourth-order valence-electron chi connectivity index (χ4n) is 1.73. The van der Waals surface area contributed by atoms with E-state index in [2.05, 4.69) is 0 Å². The summed E-state index contributed by atoms with van der Waals surface area (Å²) in [6.45, 7) is 1.99. The molecule has 0 bridgehead atoms. The molecule has 0 radical (unpaired) electrons. The highest BCUT2D eigenvalue weighted by molar-refractivity contribution is 8.00. The molecule has 1 aromatic rings. The fraction of sp³-hybridized carbons (Fsp3) is 0.364. The second-order valence-electron chi connectivity index (χ2n) is 3.67. The van der Waals surface area contributed by atoms with Crippen molar-refractivity contribution in [3.05, 3.63) is 23.8 Å². The van der Waals surface area contributed by atoms with Gasteiger partial charge in [-0.3, -0.25) is 9.69 Å². The first-order chi connectivity index (χ1) is 7.67. The van der Waals surface area contributed by atoms with Gasteiger partial charge in [-0.25, -0.2) is 0 Å². The first-order valence-corrected chi connectivity index (χ1v) is 5.97. The third-order valence-corrected chi connectivity index (χ3v) is 3.76. The third kappa shape index (κ3) is 1.81. The summed E-state index contributed by atoms with van der Waals surface area (Å²) in [6, 6.07) is 5.76. The lowest BCUT2D eigenvalue weighted by Gasteiger charge is -2.31. The minimum Gasteiger partial charge on any atom is -0.376 e. The largest absolute Gasteiger partial charge is 0.376 e. The average molecular weight is 238 g/mol. The molecule has 4 nitrogen and oxygen atoms in total. The third-order valence-electron chi connectivity index (χ3n) is 2.61. The summed E-state index contributed by atoms with van der Waals surface area (Å²) in [5, 5.41) is 9.10. The zero-order chi connectivity index (χ0) is 11.7. The monoisotopic (exact) mass is 238 g/mol. The van der Waals surface area contributed by atoms with Crippen molar-refractivity contribution in [3.63, 3.8) is 0 Å². The Kier molecular flexibility index (Phi) is 3.18. The molecule has 86 valence electrons. The molecule has 0 spiro atoms. The number of hydrogen-bond acceptors (Lipinski definition) is 4. The van der Waals surface area contributed by atoms with E-state index in [1.54, 1.807) is 0 Å². The number of fused-ring (bicyclic) bond motifs is 1. The van der Waals surface area contributed by atoms with E-state index in [1.165, 1.54) is 16.7 Å². The van der Waals surface area contributed by atoms with Crippen LogP contribution in [-0.4, -0.2) is 23.0 Å². The highest BCUT2D eigenvalue weighted by Gasteiger charge is 2.30. The Balaban J connectivity index is 2.48. The van der Waals surface area contributed by atoms with Gasteiger partial charge >= 0.3 is 0 Å². The molecule has 1 amide bonds. The lowest BCUT2D eigenvalue weighted by atomic mass is 10.2. The number of benzene rings is 1. The van der Waals surface area contributed by atoms with E-state index in [9.17, 15) is 9.90 Å². The van der Waals surface area contributed by atoms with Gasteiger partial charge in [0.25, 0.3) is 0 Å². The molecular formula is C11H14N2O2S. The standard InChI is InChI=1S/C11H14N2O2S/c1-7-11(15)13(6-14)9-4-8(5-12)2-3-10(9)16-7/h2-4,7,14H,5-6,12H2,1H3. The molecule has 3 N–H and O–H groups in total. The molecule has 16 heavy (non-hydrogen) atoms. The predicted octanol–water partition coefficient (Wildman–Crippen LogP) is 0.922. The van der Waals surface area contributed by atoms with Gasteiger partial charge in [0.05, 0.1) is 10.9 Å². The molecule has 1 atom stereocenters. The zero-order valence-corrected chi connectivity index (χ0v) is 9.83. The normalized spacial score (nSPS) is 19.8. The number of aliphatic hydroxyl groups excluding tert-OH is 1. The van der Waals surface area contributed by atoms with Gasteiger partial charge in [0.15, 0.2) is 0 Å². The van der Waals surface area contributed by atoms with Gasteiger partial charge in [-0.1, -0.05) is 6.07 Å². The van der Waals surface area contributed by atoms with Crippen molar-refractivity contribution in [1.82, 2.24) is 0 Å². The molecular weight excluding hydrogens is 224 g/mol. The van der Waals surface area contributed by atoms with Gasteiger partial charge in [-0.15, -0.1) is 11.8 Å². The summed E-state index contributed by atoms with van der Waals surface area (Å²) in [7, 11) is 0. The number of anilines is 1. The van der Waals surface area contributed by atoms with Crippen LogP contribution in [0.5, 0.6) is 0 Å². The van der Waals surface area contributed by atoms with Gasteiger partial charge in [-0.05, 0) is 24.6 Å². The second-order valence-corrected chi connectivity index (χ2v) is 5.06. The van der Waals surface area contributed by atoms with Gasteiger partial charge in [0, 0.05) is 11.4 Å². The number of thioether (sulfide) groups is 1. The number of nitrogens with zero attached hydrogens (tertiary/aromatic N) is 1. The minimum atomic E-state index is -0.287. The van der Waals surface area contributed by atoms with Crippen LogP contribution in [0, 0.1) is 0 Å². The SMILES string of the molecule is CC1Sc2ccc(CN)cc2N(CO)C1=O. The van der Waals surface area contributed by atoms with Crippen molar-refractivity contribution in [1.29, 1.82) is 0 Å². The Labute approximate surface area is 98.4 Å². The maximum absolute atomic E-state index is 11.8. The molecule has 5 heteroatoms. The Bertz CT molecular complexity index is 422. The first-order valence-electron chi connectivity index (χ1n) is 5.09. The number of carbonyl (C=O) groups is 1. The number of rotatable bonds is 2. The van der Waals surface area contributed by atoms with E-state index in [0.717, 1.165) is 16.1 Å². The molecule has 1 aliphatic heterocycles. The summed E-state index contributed by atoms with van der Waals surface area (Å²) in [5.74, 6) is -0.0610. The van der Waals surface area contributed by atoms with Crippen LogP contribution in [-0.2, 0) is 11.3 Å². The maximum Gasteiger partial charge on any atom is 0.242 e. The van der Waals surface area contributed by atoms with Gasteiger partial charge in [0.2, 0.25) is 5.91 Å². The van der Waals surface area contributed by atoms with Crippen molar-refractivity contribution in [2.75, 3.05) is 11.6 Å². The van der Waals surface area contributed by atoms with Crippen LogP contribution in [0.2, 0.25) is 0 Å². The number of amides is 1. The molecule has 0 aromatic heterocycles. The van der Waals surface area contributed by atoms with E-state index in [0.29, 0.717) is 6.54 Å². The zero-order valence-electron chi connectivity index (χ0n) is 9.01. The molecule has 1 aliphatic rings. The Morgan fingerprint density at radius 2 is 2.31 bits per heavy atom. The molecule has 1 unspecified atom stereocenters. The van der Waals surface area contributed by atoms with Crippen LogP contribution in [0.25, 0.3) is 0 Å². The van der Waals surface area contributed by atoms with E-state index >= 15 is 0 Å². The van der Waals surface area contributed by atoms with Crippen molar-refractivity contribution < 1.29 is 9.90 Å². The smallest absolute Gasteiger partial charge is 0.242 e. The molecule has 0 aliphatic carbocycles. The van der Waals surface area contributed by atoms with E-state index in [-0.39, 0.29) is 17.9 Å². The van der Waals surface area contributed by atoms with Crippen molar-refractivity contribution in [2.45, 2.75) is 23.6 Å². The molecule has 0 saturated carbocycles. The van der Waals surface area contributed by atoms with Gasteiger partial charge in [-0.2, -0.15) is 0 Å². The van der Waals surface area contributed by atoms with Crippen molar-refractivity contribution in [3.8, 4) is 0 Å². The van der Waals surface area contributed by atoms with Crippen LogP contribution in [0.4, 0.5) is 5.69 Å². The maximum atomic E-state index is 11.8. The Morgan fingerprint density at radius 1 is 1.56 bits per heavy atom. The summed E-state index contributed by atoms with van der Waals surface area (Å²) in [5.41, 5.74) is 7.28. The molecule has 1 aromatic carbocycles. The molecule has 0 fully saturated rings. The van der Waals surface area contributed by atoms with E-state index < -0.39 is 0 Å². The lowest BCUT2D eigenvalue weighted by molar-refractivity contribution is -0.118. The number of aliphatic hydroxyl groups is 1. The molecule has 0 saturated heterocycles. The highest BCUT2D eigenvalue weighted by Crippen LogP contribution is 2.39. The number of hydrogen-bond donors (Lipinski definition) is 2. The van der Waals surface area contributed by atoms with Gasteiger partial charge in [0.1, 0.15) is 6.73 Å². The Hall–Kier alpha value is -1.04. The average Bonchev–Trinajstić information content (AvgIpc) is 2.30.